The van der Waals surface area contributed by atoms with Crippen LogP contribution in [0.25, 0.3) is 11.1 Å². The molecule has 3 nitrogen and oxygen atoms in total. The van der Waals surface area contributed by atoms with Crippen LogP contribution >= 0.6 is 0 Å². The number of aryl methyl sites for hydroxylation is 2. The van der Waals surface area contributed by atoms with Gasteiger partial charge in [0, 0.05) is 11.1 Å². The van der Waals surface area contributed by atoms with Gasteiger partial charge in [0.1, 0.15) is 17.5 Å². The van der Waals surface area contributed by atoms with E-state index in [1.54, 1.807) is 0 Å². The Morgan fingerprint density at radius 2 is 1.56 bits per heavy atom. The number of hydrogen-bond donors (Lipinski definition) is 1. The normalized spacial score (nSPS) is 13.8. The molecule has 0 saturated carbocycles. The fourth-order valence-corrected chi connectivity index (χ4v) is 3.90. The highest BCUT2D eigenvalue weighted by atomic mass is 19.4. The summed E-state index contributed by atoms with van der Waals surface area (Å²) >= 11 is 0. The lowest BCUT2D eigenvalue weighted by Gasteiger charge is -2.31. The lowest BCUT2D eigenvalue weighted by molar-refractivity contribution is -0.144. The maximum Gasteiger partial charge on any atom is 0.419 e. The molecule has 0 aliphatic carbocycles. The summed E-state index contributed by atoms with van der Waals surface area (Å²) in [5, 5.41) is 0. The van der Waals surface area contributed by atoms with Gasteiger partial charge in [-0.15, -0.1) is 0 Å². The van der Waals surface area contributed by atoms with Crippen molar-refractivity contribution in [2.45, 2.75) is 59.2 Å². The zero-order valence-corrected chi connectivity index (χ0v) is 18.4. The van der Waals surface area contributed by atoms with Gasteiger partial charge in [0.15, 0.2) is 0 Å². The van der Waals surface area contributed by atoms with Crippen molar-refractivity contribution in [1.29, 1.82) is 0 Å². The Hall–Kier alpha value is -2.55. The molecule has 0 spiro atoms. The lowest BCUT2D eigenvalue weighted by atomic mass is 9.80. The first-order valence-electron chi connectivity index (χ1n) is 10.00. The smallest absolute Gasteiger partial charge is 0.419 e. The van der Waals surface area contributed by atoms with Gasteiger partial charge in [-0.25, -0.2) is 13.2 Å². The van der Waals surface area contributed by atoms with Crippen molar-refractivity contribution in [1.82, 2.24) is 0 Å². The molecule has 0 amide bonds. The first-order chi connectivity index (χ1) is 14.7. The number of benzene rings is 2. The summed E-state index contributed by atoms with van der Waals surface area (Å²) in [5.74, 6) is -4.91. The summed E-state index contributed by atoms with van der Waals surface area (Å²) in [4.78, 5) is 12.0. The van der Waals surface area contributed by atoms with Crippen LogP contribution in [-0.2, 0) is 21.2 Å². The average Bonchev–Trinajstić information content (AvgIpc) is 2.67. The van der Waals surface area contributed by atoms with E-state index < -0.39 is 58.2 Å². The van der Waals surface area contributed by atoms with Gasteiger partial charge in [0.2, 0.25) is 0 Å². The topological polar surface area (TPSA) is 52.3 Å². The molecule has 0 bridgehead atoms. The van der Waals surface area contributed by atoms with Crippen LogP contribution in [0, 0.1) is 38.2 Å². The quantitative estimate of drug-likeness (QED) is 0.410. The van der Waals surface area contributed by atoms with Gasteiger partial charge in [-0.1, -0.05) is 13.0 Å². The molecule has 2 N–H and O–H groups in total. The number of carbonyl (C=O) groups excluding carboxylic acids is 1. The van der Waals surface area contributed by atoms with Crippen LogP contribution in [0.2, 0.25) is 0 Å². The van der Waals surface area contributed by atoms with Gasteiger partial charge in [-0.3, -0.25) is 4.79 Å². The Balaban J connectivity index is 2.97. The lowest BCUT2D eigenvalue weighted by Crippen LogP contribution is -2.41. The van der Waals surface area contributed by atoms with Gasteiger partial charge < -0.3 is 10.5 Å². The minimum atomic E-state index is -5.19. The van der Waals surface area contributed by atoms with Gasteiger partial charge in [0.25, 0.3) is 0 Å². The van der Waals surface area contributed by atoms with Crippen molar-refractivity contribution in [3.8, 4) is 11.1 Å². The van der Waals surface area contributed by atoms with Gasteiger partial charge in [-0.05, 0) is 62.4 Å². The van der Waals surface area contributed by atoms with E-state index in [1.807, 2.05) is 0 Å². The van der Waals surface area contributed by atoms with Crippen molar-refractivity contribution in [3.63, 3.8) is 0 Å². The van der Waals surface area contributed by atoms with Gasteiger partial charge in [0.05, 0.1) is 24.1 Å². The molecule has 0 aliphatic rings. The third-order valence-electron chi connectivity index (χ3n) is 5.55. The maximum absolute atomic E-state index is 15.7. The third-order valence-corrected chi connectivity index (χ3v) is 5.55. The summed E-state index contributed by atoms with van der Waals surface area (Å²) in [6.45, 7) is 7.10. The number of halogens is 6. The molecule has 2 aromatic rings. The Kier molecular flexibility index (Phi) is 7.34. The van der Waals surface area contributed by atoms with E-state index in [0.717, 1.165) is 0 Å². The highest BCUT2D eigenvalue weighted by Gasteiger charge is 2.43. The Morgan fingerprint density at radius 3 is 2.06 bits per heavy atom. The first kappa shape index (κ1) is 25.7. The molecule has 2 rings (SSSR count). The average molecular weight is 461 g/mol. The molecule has 1 atom stereocenters. The van der Waals surface area contributed by atoms with Gasteiger partial charge in [-0.2, -0.15) is 13.2 Å². The predicted molar refractivity (Wildman–Crippen MR) is 108 cm³/mol. The monoisotopic (exact) mass is 461 g/mol. The fraction of sp³-hybridized carbons (Fsp3) is 0.435. The second kappa shape index (κ2) is 9.13. The Morgan fingerprint density at radius 1 is 0.969 bits per heavy atom. The first-order valence-corrected chi connectivity index (χ1v) is 10.00. The minimum Gasteiger partial charge on any atom is -0.466 e. The van der Waals surface area contributed by atoms with Crippen LogP contribution in [-0.4, -0.2) is 12.6 Å². The number of rotatable bonds is 6. The summed E-state index contributed by atoms with van der Waals surface area (Å²) < 4.78 is 91.3. The van der Waals surface area contributed by atoms with Crippen molar-refractivity contribution in [3.05, 3.63) is 57.4 Å². The van der Waals surface area contributed by atoms with Crippen molar-refractivity contribution >= 4 is 5.97 Å². The molecule has 0 aromatic heterocycles. The molecule has 2 aromatic carbocycles. The van der Waals surface area contributed by atoms with E-state index in [9.17, 15) is 22.4 Å². The highest BCUT2D eigenvalue weighted by molar-refractivity contribution is 5.75. The number of carbonyl (C=O) groups is 1. The Labute approximate surface area is 182 Å². The molecule has 0 radical (unpaired) electrons. The molecular formula is C23H25F6NO2. The highest BCUT2D eigenvalue weighted by Crippen LogP contribution is 2.44. The summed E-state index contributed by atoms with van der Waals surface area (Å²) in [5.41, 5.74) is 0.823. The maximum atomic E-state index is 15.7. The molecular weight excluding hydrogens is 436 g/mol. The van der Waals surface area contributed by atoms with E-state index in [2.05, 4.69) is 0 Å². The van der Waals surface area contributed by atoms with E-state index >= 15 is 8.78 Å². The van der Waals surface area contributed by atoms with Crippen LogP contribution in [0.5, 0.6) is 0 Å². The molecule has 0 aliphatic heterocycles. The van der Waals surface area contributed by atoms with E-state index in [-0.39, 0.29) is 29.7 Å². The van der Waals surface area contributed by atoms with E-state index in [0.29, 0.717) is 11.6 Å². The molecule has 9 heteroatoms. The largest absolute Gasteiger partial charge is 0.466 e. The Bertz CT molecular complexity index is 1050. The predicted octanol–water partition coefficient (Wildman–Crippen LogP) is 6.23. The summed E-state index contributed by atoms with van der Waals surface area (Å²) in [6.07, 6.45) is -6.20. The van der Waals surface area contributed by atoms with Crippen LogP contribution < -0.4 is 5.73 Å². The molecule has 0 heterocycles. The van der Waals surface area contributed by atoms with Crippen LogP contribution in [0.3, 0.4) is 0 Å². The molecule has 0 saturated heterocycles. The SMILES string of the molecule is CCOC(=O)C[C@](N)(CC)c1c(F)c(-c2c(C)cc(C)c(F)c2C)cc(C(F)(F)F)c1F. The number of ether oxygens (including phenoxy) is 1. The van der Waals surface area contributed by atoms with Crippen molar-refractivity contribution in [2.24, 2.45) is 5.73 Å². The van der Waals surface area contributed by atoms with Crippen LogP contribution in [0.15, 0.2) is 12.1 Å². The van der Waals surface area contributed by atoms with Crippen molar-refractivity contribution < 1.29 is 35.9 Å². The molecule has 0 fully saturated rings. The number of nitrogens with two attached hydrogens (primary N) is 1. The molecule has 176 valence electrons. The number of alkyl halides is 3. The second-order valence-electron chi connectivity index (χ2n) is 7.79. The molecule has 32 heavy (non-hydrogen) atoms. The fourth-order valence-electron chi connectivity index (χ4n) is 3.90. The zero-order chi connectivity index (χ0) is 24.6. The third kappa shape index (κ3) is 4.62. The summed E-state index contributed by atoms with van der Waals surface area (Å²) in [6, 6.07) is 1.68. The zero-order valence-electron chi connectivity index (χ0n) is 18.4. The van der Waals surface area contributed by atoms with Crippen molar-refractivity contribution in [2.75, 3.05) is 6.61 Å². The van der Waals surface area contributed by atoms with Crippen LogP contribution in [0.1, 0.15) is 54.5 Å². The van der Waals surface area contributed by atoms with E-state index in [1.165, 1.54) is 40.7 Å². The number of hydrogen-bond acceptors (Lipinski definition) is 3. The minimum absolute atomic E-state index is 0.0432. The van der Waals surface area contributed by atoms with Gasteiger partial charge >= 0.3 is 12.1 Å². The number of esters is 1. The second-order valence-corrected chi connectivity index (χ2v) is 7.79. The van der Waals surface area contributed by atoms with Crippen LogP contribution in [0.4, 0.5) is 26.3 Å². The van der Waals surface area contributed by atoms with E-state index in [4.69, 9.17) is 10.5 Å². The molecule has 0 unspecified atom stereocenters. The standard InChI is InChI=1S/C23H25F6NO2/c1-6-22(30,10-16(31)32-7-2)18-20(25)14(9-15(21(18)26)23(27,28)29)17-11(3)8-12(4)19(24)13(17)5/h8-9H,6-7,10,30H2,1-5H3/t22-/m1/s1. The summed E-state index contributed by atoms with van der Waals surface area (Å²) in [7, 11) is 0.